The van der Waals surface area contributed by atoms with Gasteiger partial charge < -0.3 is 20.2 Å². The van der Waals surface area contributed by atoms with Gasteiger partial charge in [-0.25, -0.2) is 4.79 Å². The van der Waals surface area contributed by atoms with Gasteiger partial charge in [0.25, 0.3) is 0 Å². The molecule has 3 fully saturated rings. The number of hydrogen-bond donors (Lipinski definition) is 3. The average molecular weight is 339 g/mol. The largest absolute Gasteiger partial charge is 0.479 e. The molecule has 3 saturated carbocycles. The zero-order valence-electron chi connectivity index (χ0n) is 14.1. The Balaban J connectivity index is 1.44. The Kier molecular flexibility index (Phi) is 5.76. The molecule has 0 saturated heterocycles. The van der Waals surface area contributed by atoms with E-state index in [0.29, 0.717) is 12.3 Å². The number of carbonyl (C=O) groups is 1. The van der Waals surface area contributed by atoms with Crippen molar-refractivity contribution in [3.8, 4) is 0 Å². The minimum Gasteiger partial charge on any atom is -0.479 e. The predicted octanol–water partition coefficient (Wildman–Crippen LogP) is 2.18. The van der Waals surface area contributed by atoms with Crippen molar-refractivity contribution in [1.29, 1.82) is 0 Å². The molecule has 0 aromatic rings. The number of fused-ring (bicyclic) bond motifs is 1. The number of nitrogens with zero attached hydrogens (tertiary/aromatic N) is 1. The summed E-state index contributed by atoms with van der Waals surface area (Å²) in [7, 11) is 0. The van der Waals surface area contributed by atoms with Crippen LogP contribution in [0, 0.1) is 23.7 Å². The number of oxime groups is 1. The van der Waals surface area contributed by atoms with Crippen LogP contribution in [0.2, 0.25) is 0 Å². The van der Waals surface area contributed by atoms with Gasteiger partial charge in [-0.1, -0.05) is 24.4 Å². The van der Waals surface area contributed by atoms with Gasteiger partial charge >= 0.3 is 5.97 Å². The maximum atomic E-state index is 10.5. The molecule has 0 spiro atoms. The number of aliphatic hydroxyl groups is 2. The van der Waals surface area contributed by atoms with Crippen LogP contribution < -0.4 is 0 Å². The molecule has 6 heteroatoms. The lowest BCUT2D eigenvalue weighted by atomic mass is 9.73. The highest BCUT2D eigenvalue weighted by Crippen LogP contribution is 2.49. The molecule has 0 aromatic carbocycles. The maximum Gasteiger partial charge on any atom is 0.344 e. The van der Waals surface area contributed by atoms with Crippen molar-refractivity contribution in [1.82, 2.24) is 0 Å². The fraction of sp³-hybridized carbons (Fsp3) is 0.889. The van der Waals surface area contributed by atoms with Crippen LogP contribution in [0.15, 0.2) is 5.16 Å². The Labute approximate surface area is 142 Å². The van der Waals surface area contributed by atoms with Gasteiger partial charge in [-0.05, 0) is 56.3 Å². The second-order valence-electron chi connectivity index (χ2n) is 7.75. The molecule has 24 heavy (non-hydrogen) atoms. The van der Waals surface area contributed by atoms with Gasteiger partial charge in [-0.2, -0.15) is 0 Å². The number of rotatable bonds is 7. The lowest BCUT2D eigenvalue weighted by Gasteiger charge is -2.33. The van der Waals surface area contributed by atoms with E-state index in [-0.39, 0.29) is 30.0 Å². The van der Waals surface area contributed by atoms with E-state index in [2.05, 4.69) is 5.16 Å². The first-order valence-electron chi connectivity index (χ1n) is 9.33. The third-order valence-corrected chi connectivity index (χ3v) is 6.27. The van der Waals surface area contributed by atoms with Crippen molar-refractivity contribution in [2.75, 3.05) is 6.61 Å². The second kappa shape index (κ2) is 7.83. The Morgan fingerprint density at radius 2 is 2.04 bits per heavy atom. The Morgan fingerprint density at radius 1 is 1.29 bits per heavy atom. The molecule has 3 rings (SSSR count). The molecule has 5 atom stereocenters. The molecule has 3 aliphatic rings. The molecule has 0 aliphatic heterocycles. The van der Waals surface area contributed by atoms with Crippen molar-refractivity contribution in [2.24, 2.45) is 28.8 Å². The Hall–Kier alpha value is -1.14. The zero-order valence-corrected chi connectivity index (χ0v) is 14.1. The van der Waals surface area contributed by atoms with Gasteiger partial charge in [0.15, 0.2) is 0 Å². The first-order valence-corrected chi connectivity index (χ1v) is 9.33. The maximum absolute atomic E-state index is 10.5. The molecular weight excluding hydrogens is 310 g/mol. The molecular formula is C18H29NO5. The second-order valence-corrected chi connectivity index (χ2v) is 7.75. The third kappa shape index (κ3) is 3.91. The molecule has 0 bridgehead atoms. The van der Waals surface area contributed by atoms with E-state index < -0.39 is 12.6 Å². The van der Waals surface area contributed by atoms with Crippen molar-refractivity contribution < 1.29 is 25.0 Å². The van der Waals surface area contributed by atoms with E-state index in [9.17, 15) is 15.0 Å². The highest BCUT2D eigenvalue weighted by atomic mass is 16.6. The standard InChI is InChI=1S/C18H29NO5/c20-16(11-4-2-1-3-5-11)7-6-12-8-13-14(18(12)23)9-15(13)19-24-10-17(21)22/h11-14,16,18,20,23H,1-10H2,(H,21,22). The summed E-state index contributed by atoms with van der Waals surface area (Å²) < 4.78 is 0. The summed E-state index contributed by atoms with van der Waals surface area (Å²) in [5.74, 6) is 0.0804. The molecule has 3 aliphatic carbocycles. The van der Waals surface area contributed by atoms with Crippen LogP contribution in [0.25, 0.3) is 0 Å². The van der Waals surface area contributed by atoms with Crippen molar-refractivity contribution >= 4 is 11.7 Å². The normalized spacial score (nSPS) is 36.2. The van der Waals surface area contributed by atoms with E-state index >= 15 is 0 Å². The highest BCUT2D eigenvalue weighted by Gasteiger charge is 2.51. The Morgan fingerprint density at radius 3 is 2.75 bits per heavy atom. The van der Waals surface area contributed by atoms with E-state index in [0.717, 1.165) is 37.8 Å². The lowest BCUT2D eigenvalue weighted by Crippen LogP contribution is -2.38. The van der Waals surface area contributed by atoms with Gasteiger partial charge in [0, 0.05) is 5.92 Å². The molecule has 0 heterocycles. The summed E-state index contributed by atoms with van der Waals surface area (Å²) in [6, 6.07) is 0. The smallest absolute Gasteiger partial charge is 0.344 e. The molecule has 3 N–H and O–H groups in total. The number of aliphatic hydroxyl groups excluding tert-OH is 2. The number of hydrogen-bond acceptors (Lipinski definition) is 5. The molecule has 0 aromatic heterocycles. The topological polar surface area (TPSA) is 99.4 Å². The predicted molar refractivity (Wildman–Crippen MR) is 88.5 cm³/mol. The summed E-state index contributed by atoms with van der Waals surface area (Å²) >= 11 is 0. The lowest BCUT2D eigenvalue weighted by molar-refractivity contribution is -0.142. The molecule has 0 amide bonds. The quantitative estimate of drug-likeness (QED) is 0.617. The van der Waals surface area contributed by atoms with Gasteiger partial charge in [0.1, 0.15) is 0 Å². The van der Waals surface area contributed by atoms with E-state index in [4.69, 9.17) is 9.94 Å². The third-order valence-electron chi connectivity index (χ3n) is 6.27. The van der Waals surface area contributed by atoms with E-state index in [1.165, 1.54) is 19.3 Å². The molecule has 6 nitrogen and oxygen atoms in total. The fourth-order valence-corrected chi connectivity index (χ4v) is 4.81. The molecule has 136 valence electrons. The summed E-state index contributed by atoms with van der Waals surface area (Å²) in [5.41, 5.74) is 0.885. The van der Waals surface area contributed by atoms with Crippen LogP contribution in [0.1, 0.15) is 57.8 Å². The summed E-state index contributed by atoms with van der Waals surface area (Å²) in [6.07, 6.45) is 8.67. The highest BCUT2D eigenvalue weighted by molar-refractivity contribution is 5.93. The van der Waals surface area contributed by atoms with Crippen LogP contribution in [-0.4, -0.2) is 45.8 Å². The van der Waals surface area contributed by atoms with Crippen molar-refractivity contribution in [3.63, 3.8) is 0 Å². The van der Waals surface area contributed by atoms with Crippen molar-refractivity contribution in [2.45, 2.75) is 70.0 Å². The van der Waals surface area contributed by atoms with E-state index in [1.54, 1.807) is 0 Å². The number of aliphatic carboxylic acids is 1. The van der Waals surface area contributed by atoms with Crippen LogP contribution in [0.3, 0.4) is 0 Å². The van der Waals surface area contributed by atoms with Crippen molar-refractivity contribution in [3.05, 3.63) is 0 Å². The van der Waals surface area contributed by atoms with E-state index in [1.807, 2.05) is 0 Å². The van der Waals surface area contributed by atoms with Crippen LogP contribution >= 0.6 is 0 Å². The fourth-order valence-electron chi connectivity index (χ4n) is 4.81. The van der Waals surface area contributed by atoms with Crippen LogP contribution in [-0.2, 0) is 9.63 Å². The van der Waals surface area contributed by atoms with Crippen LogP contribution in [0.5, 0.6) is 0 Å². The minimum atomic E-state index is -1.03. The van der Waals surface area contributed by atoms with Gasteiger partial charge in [0.2, 0.25) is 6.61 Å². The van der Waals surface area contributed by atoms with Crippen LogP contribution in [0.4, 0.5) is 0 Å². The first kappa shape index (κ1) is 17.7. The number of carboxylic acids is 1. The zero-order chi connectivity index (χ0) is 17.1. The molecule has 0 radical (unpaired) electrons. The average Bonchev–Trinajstić information content (AvgIpc) is 2.81. The number of carboxylic acid groups (broad SMARTS) is 1. The minimum absolute atomic E-state index is 0.213. The SMILES string of the molecule is O=C(O)CON=C1CC2C1CC(CCC(O)C1CCCCC1)C2O. The summed E-state index contributed by atoms with van der Waals surface area (Å²) in [5, 5.41) is 33.4. The monoisotopic (exact) mass is 339 g/mol. The van der Waals surface area contributed by atoms with Gasteiger partial charge in [-0.15, -0.1) is 0 Å². The summed E-state index contributed by atoms with van der Waals surface area (Å²) in [6.45, 7) is -0.416. The van der Waals surface area contributed by atoms with Gasteiger partial charge in [0.05, 0.1) is 17.9 Å². The summed E-state index contributed by atoms with van der Waals surface area (Å²) in [4.78, 5) is 15.3. The first-order chi connectivity index (χ1) is 11.6. The molecule has 5 unspecified atom stereocenters. The van der Waals surface area contributed by atoms with Gasteiger partial charge in [-0.3, -0.25) is 0 Å². The Bertz CT molecular complexity index is 474.